The van der Waals surface area contributed by atoms with Gasteiger partial charge in [0.05, 0.1) is 12.4 Å². The molecule has 1 aromatic carbocycles. The Morgan fingerprint density at radius 2 is 1.92 bits per heavy atom. The highest BCUT2D eigenvalue weighted by atomic mass is 15.2. The van der Waals surface area contributed by atoms with E-state index in [1.54, 1.807) is 12.4 Å². The molecule has 0 atom stereocenters. The molecular formula is C9H9N4+. The van der Waals surface area contributed by atoms with Crippen LogP contribution in [-0.4, -0.2) is 4.98 Å². The summed E-state index contributed by atoms with van der Waals surface area (Å²) >= 11 is 0. The van der Waals surface area contributed by atoms with Crippen molar-refractivity contribution in [2.24, 2.45) is 10.2 Å². The zero-order chi connectivity index (χ0) is 8.93. The zero-order valence-electron chi connectivity index (χ0n) is 6.94. The van der Waals surface area contributed by atoms with Crippen molar-refractivity contribution in [3.63, 3.8) is 0 Å². The average molecular weight is 173 g/mol. The fraction of sp³-hybridized carbons (Fsp3) is 0. The van der Waals surface area contributed by atoms with Crippen LogP contribution in [0, 0.1) is 0 Å². The third kappa shape index (κ3) is 1.99. The molecule has 1 aromatic heterocycles. The van der Waals surface area contributed by atoms with Crippen molar-refractivity contribution in [2.75, 3.05) is 0 Å². The molecule has 0 aliphatic rings. The van der Waals surface area contributed by atoms with Crippen molar-refractivity contribution < 1.29 is 4.98 Å². The number of azo groups is 1. The predicted molar refractivity (Wildman–Crippen MR) is 48.0 cm³/mol. The quantitative estimate of drug-likeness (QED) is 0.677. The first-order chi connectivity index (χ1) is 6.45. The van der Waals surface area contributed by atoms with Crippen LogP contribution in [0.5, 0.6) is 0 Å². The molecule has 0 saturated carbocycles. The summed E-state index contributed by atoms with van der Waals surface area (Å²) < 4.78 is 0. The molecule has 0 amide bonds. The molecule has 0 spiro atoms. The Kier molecular flexibility index (Phi) is 2.14. The van der Waals surface area contributed by atoms with Gasteiger partial charge in [0.1, 0.15) is 5.69 Å². The van der Waals surface area contributed by atoms with Crippen LogP contribution in [0.1, 0.15) is 0 Å². The molecule has 0 aliphatic heterocycles. The average Bonchev–Trinajstić information content (AvgIpc) is 2.69. The molecule has 64 valence electrons. The van der Waals surface area contributed by atoms with E-state index in [0.717, 1.165) is 5.69 Å². The number of nitrogens with one attached hydrogen (secondary N) is 2. The van der Waals surface area contributed by atoms with Crippen molar-refractivity contribution in [3.8, 4) is 0 Å². The van der Waals surface area contributed by atoms with Crippen molar-refractivity contribution >= 4 is 11.6 Å². The third-order valence-electron chi connectivity index (χ3n) is 1.55. The van der Waals surface area contributed by atoms with Crippen LogP contribution < -0.4 is 4.98 Å². The van der Waals surface area contributed by atoms with Crippen molar-refractivity contribution in [3.05, 3.63) is 42.7 Å². The van der Waals surface area contributed by atoms with Gasteiger partial charge in [-0.25, -0.2) is 9.97 Å². The maximum atomic E-state index is 4.01. The van der Waals surface area contributed by atoms with Crippen LogP contribution in [0.25, 0.3) is 0 Å². The summed E-state index contributed by atoms with van der Waals surface area (Å²) in [5.41, 5.74) is 0.838. The Morgan fingerprint density at radius 1 is 1.08 bits per heavy atom. The number of hydrogen-bond donors (Lipinski definition) is 1. The molecule has 4 nitrogen and oxygen atoms in total. The number of hydrogen-bond acceptors (Lipinski definition) is 2. The monoisotopic (exact) mass is 173 g/mol. The number of aromatic nitrogens is 2. The van der Waals surface area contributed by atoms with E-state index in [1.165, 1.54) is 0 Å². The van der Waals surface area contributed by atoms with Crippen LogP contribution in [0.3, 0.4) is 0 Å². The molecule has 1 heterocycles. The van der Waals surface area contributed by atoms with Gasteiger partial charge in [-0.3, -0.25) is 0 Å². The van der Waals surface area contributed by atoms with Gasteiger partial charge in [0.15, 0.2) is 0 Å². The Hall–Kier alpha value is -1.97. The highest BCUT2D eigenvalue weighted by Gasteiger charge is 1.97. The molecule has 0 fully saturated rings. The maximum absolute atomic E-state index is 4.01. The van der Waals surface area contributed by atoms with E-state index in [9.17, 15) is 0 Å². The van der Waals surface area contributed by atoms with Crippen LogP contribution >= 0.6 is 0 Å². The minimum absolute atomic E-state index is 0.642. The van der Waals surface area contributed by atoms with E-state index in [-0.39, 0.29) is 0 Å². The van der Waals surface area contributed by atoms with Gasteiger partial charge < -0.3 is 0 Å². The predicted octanol–water partition coefficient (Wildman–Crippen LogP) is 2.24. The second kappa shape index (κ2) is 3.62. The van der Waals surface area contributed by atoms with Gasteiger partial charge in [0.2, 0.25) is 0 Å². The van der Waals surface area contributed by atoms with E-state index in [4.69, 9.17) is 0 Å². The standard InChI is InChI=1S/C9H8N4/c1-2-4-8(5-3-1)12-13-9-10-6-7-11-9/h1-7H,(H,10,11)/p+1. The molecule has 0 bridgehead atoms. The van der Waals surface area contributed by atoms with E-state index in [0.29, 0.717) is 5.95 Å². The van der Waals surface area contributed by atoms with E-state index in [2.05, 4.69) is 20.2 Å². The number of imidazole rings is 1. The molecule has 2 rings (SSSR count). The SMILES string of the molecule is c1ccc(N=Nc2[nH]cc[nH+]2)cc1. The number of H-pyrrole nitrogens is 2. The van der Waals surface area contributed by atoms with Gasteiger partial charge in [-0.2, -0.15) is 0 Å². The molecule has 0 radical (unpaired) electrons. The number of aromatic amines is 2. The topological polar surface area (TPSA) is 54.6 Å². The number of rotatable bonds is 2. The Balaban J connectivity index is 2.15. The molecule has 0 aliphatic carbocycles. The number of nitrogens with zero attached hydrogens (tertiary/aromatic N) is 2. The van der Waals surface area contributed by atoms with E-state index in [1.807, 2.05) is 30.3 Å². The second-order valence-electron chi connectivity index (χ2n) is 2.51. The van der Waals surface area contributed by atoms with Crippen LogP contribution in [0.2, 0.25) is 0 Å². The van der Waals surface area contributed by atoms with Crippen LogP contribution in [0.4, 0.5) is 11.6 Å². The first-order valence-corrected chi connectivity index (χ1v) is 3.97. The smallest absolute Gasteiger partial charge is 0.244 e. The second-order valence-corrected chi connectivity index (χ2v) is 2.51. The van der Waals surface area contributed by atoms with Gasteiger partial charge in [-0.15, -0.1) is 0 Å². The summed E-state index contributed by atoms with van der Waals surface area (Å²) in [7, 11) is 0. The normalized spacial score (nSPS) is 10.8. The summed E-state index contributed by atoms with van der Waals surface area (Å²) in [6.45, 7) is 0. The lowest BCUT2D eigenvalue weighted by Crippen LogP contribution is -1.92. The van der Waals surface area contributed by atoms with Crippen LogP contribution in [0.15, 0.2) is 53.0 Å². The Labute approximate surface area is 75.4 Å². The first-order valence-electron chi connectivity index (χ1n) is 3.97. The highest BCUT2D eigenvalue weighted by molar-refractivity contribution is 5.35. The molecule has 0 unspecified atom stereocenters. The minimum Gasteiger partial charge on any atom is -0.244 e. The fourth-order valence-electron chi connectivity index (χ4n) is 0.943. The summed E-state index contributed by atoms with van der Waals surface area (Å²) in [6, 6.07) is 9.58. The fourth-order valence-corrected chi connectivity index (χ4v) is 0.943. The van der Waals surface area contributed by atoms with Gasteiger partial charge in [-0.05, 0) is 12.1 Å². The minimum atomic E-state index is 0.642. The molecular weight excluding hydrogens is 164 g/mol. The van der Waals surface area contributed by atoms with Gasteiger partial charge in [0, 0.05) is 5.11 Å². The largest absolute Gasteiger partial charge is 0.416 e. The lowest BCUT2D eigenvalue weighted by atomic mass is 10.3. The highest BCUT2D eigenvalue weighted by Crippen LogP contribution is 2.12. The maximum Gasteiger partial charge on any atom is 0.416 e. The van der Waals surface area contributed by atoms with E-state index >= 15 is 0 Å². The summed E-state index contributed by atoms with van der Waals surface area (Å²) in [4.78, 5) is 5.78. The third-order valence-corrected chi connectivity index (χ3v) is 1.55. The van der Waals surface area contributed by atoms with Crippen molar-refractivity contribution in [1.82, 2.24) is 4.98 Å². The zero-order valence-corrected chi connectivity index (χ0v) is 6.94. The lowest BCUT2D eigenvalue weighted by molar-refractivity contribution is -0.360. The summed E-state index contributed by atoms with van der Waals surface area (Å²) in [5.74, 6) is 0.642. The lowest BCUT2D eigenvalue weighted by Gasteiger charge is -1.83. The van der Waals surface area contributed by atoms with Gasteiger partial charge in [0.25, 0.3) is 0 Å². The molecule has 4 heteroatoms. The molecule has 2 N–H and O–H groups in total. The summed E-state index contributed by atoms with van der Waals surface area (Å²) in [5, 5.41) is 7.96. The van der Waals surface area contributed by atoms with Crippen molar-refractivity contribution in [2.45, 2.75) is 0 Å². The first kappa shape index (κ1) is 7.67. The van der Waals surface area contributed by atoms with E-state index < -0.39 is 0 Å². The number of benzene rings is 1. The van der Waals surface area contributed by atoms with Gasteiger partial charge in [-0.1, -0.05) is 23.3 Å². The summed E-state index contributed by atoms with van der Waals surface area (Å²) in [6.07, 6.45) is 3.53. The van der Waals surface area contributed by atoms with Gasteiger partial charge >= 0.3 is 5.95 Å². The van der Waals surface area contributed by atoms with Crippen molar-refractivity contribution in [1.29, 1.82) is 0 Å². The molecule has 2 aromatic rings. The Morgan fingerprint density at radius 3 is 2.62 bits per heavy atom. The van der Waals surface area contributed by atoms with Crippen LogP contribution in [-0.2, 0) is 0 Å². The molecule has 0 saturated heterocycles. The molecule has 13 heavy (non-hydrogen) atoms. The Bertz CT molecular complexity index is 377.